The molecule has 4 rings (SSSR count). The topological polar surface area (TPSA) is 66.2 Å². The molecule has 0 spiro atoms. The lowest BCUT2D eigenvalue weighted by Crippen LogP contribution is -1.96. The molecule has 4 aromatic rings. The van der Waals surface area contributed by atoms with Crippen molar-refractivity contribution in [2.24, 2.45) is 0 Å². The standard InChI is InChI=1S/C24H17ClN2O2/c25-18-12-10-17(11-13-18)24(29)15-22-21(14-23(28)16-6-2-1-3-7-16)26-19-8-4-5-9-20(19)27-22/h1-15,28-29H/b23-14-,24-15-. The summed E-state index contributed by atoms with van der Waals surface area (Å²) in [6.07, 6.45) is 3.09. The highest BCUT2D eigenvalue weighted by molar-refractivity contribution is 6.30. The molecule has 1 heterocycles. The van der Waals surface area contributed by atoms with Crippen LogP contribution in [0.2, 0.25) is 5.02 Å². The van der Waals surface area contributed by atoms with Crippen molar-refractivity contribution in [2.45, 2.75) is 0 Å². The fourth-order valence-corrected chi connectivity index (χ4v) is 3.02. The van der Waals surface area contributed by atoms with Crippen molar-refractivity contribution in [3.63, 3.8) is 0 Å². The van der Waals surface area contributed by atoms with Crippen LogP contribution in [0.3, 0.4) is 0 Å². The summed E-state index contributed by atoms with van der Waals surface area (Å²) >= 11 is 5.92. The molecule has 142 valence electrons. The molecule has 1 aromatic heterocycles. The van der Waals surface area contributed by atoms with Gasteiger partial charge in [-0.25, -0.2) is 9.97 Å². The summed E-state index contributed by atoms with van der Waals surface area (Å²) in [6, 6.07) is 23.5. The molecule has 29 heavy (non-hydrogen) atoms. The van der Waals surface area contributed by atoms with Gasteiger partial charge in [-0.2, -0.15) is 0 Å². The van der Waals surface area contributed by atoms with E-state index >= 15 is 0 Å². The smallest absolute Gasteiger partial charge is 0.125 e. The number of aliphatic hydroxyl groups is 2. The van der Waals surface area contributed by atoms with E-state index in [2.05, 4.69) is 9.97 Å². The summed E-state index contributed by atoms with van der Waals surface area (Å²) < 4.78 is 0. The van der Waals surface area contributed by atoms with E-state index in [1.54, 1.807) is 42.5 Å². The van der Waals surface area contributed by atoms with Crippen molar-refractivity contribution in [3.8, 4) is 0 Å². The van der Waals surface area contributed by atoms with Crippen LogP contribution >= 0.6 is 11.6 Å². The van der Waals surface area contributed by atoms with E-state index in [0.717, 1.165) is 0 Å². The van der Waals surface area contributed by atoms with Crippen LogP contribution in [-0.4, -0.2) is 20.2 Å². The number of halogens is 1. The Balaban J connectivity index is 1.84. The van der Waals surface area contributed by atoms with Gasteiger partial charge in [-0.1, -0.05) is 54.1 Å². The highest BCUT2D eigenvalue weighted by Gasteiger charge is 2.10. The number of hydrogen-bond donors (Lipinski definition) is 2. The molecule has 3 aromatic carbocycles. The van der Waals surface area contributed by atoms with Crippen LogP contribution in [0.15, 0.2) is 78.9 Å². The highest BCUT2D eigenvalue weighted by Crippen LogP contribution is 2.23. The van der Waals surface area contributed by atoms with Gasteiger partial charge in [-0.3, -0.25) is 0 Å². The van der Waals surface area contributed by atoms with Gasteiger partial charge in [-0.05, 0) is 36.4 Å². The number of fused-ring (bicyclic) bond motifs is 1. The molecule has 0 bridgehead atoms. The van der Waals surface area contributed by atoms with E-state index in [4.69, 9.17) is 11.6 Å². The molecule has 0 aliphatic carbocycles. The number of para-hydroxylation sites is 2. The van der Waals surface area contributed by atoms with Gasteiger partial charge in [0.1, 0.15) is 11.5 Å². The Morgan fingerprint density at radius 1 is 0.621 bits per heavy atom. The third-order valence-electron chi connectivity index (χ3n) is 4.38. The first-order chi connectivity index (χ1) is 14.1. The number of aliphatic hydroxyl groups excluding tert-OH is 2. The van der Waals surface area contributed by atoms with Gasteiger partial charge in [0, 0.05) is 28.3 Å². The fraction of sp³-hybridized carbons (Fsp3) is 0. The molecule has 0 radical (unpaired) electrons. The molecule has 0 amide bonds. The van der Waals surface area contributed by atoms with Gasteiger partial charge in [0.15, 0.2) is 0 Å². The zero-order valence-corrected chi connectivity index (χ0v) is 16.1. The van der Waals surface area contributed by atoms with E-state index in [1.807, 2.05) is 42.5 Å². The maximum Gasteiger partial charge on any atom is 0.125 e. The molecule has 0 saturated heterocycles. The predicted octanol–water partition coefficient (Wildman–Crippen LogP) is 6.40. The number of hydrogen-bond acceptors (Lipinski definition) is 4. The molecule has 5 heteroatoms. The Morgan fingerprint density at radius 2 is 1.07 bits per heavy atom. The molecular formula is C24H17ClN2O2. The van der Waals surface area contributed by atoms with Crippen LogP contribution in [0, 0.1) is 0 Å². The molecule has 2 N–H and O–H groups in total. The quantitative estimate of drug-likeness (QED) is 0.389. The average Bonchev–Trinajstić information content (AvgIpc) is 2.75. The van der Waals surface area contributed by atoms with Gasteiger partial charge >= 0.3 is 0 Å². The minimum Gasteiger partial charge on any atom is -0.507 e. The zero-order chi connectivity index (χ0) is 20.2. The first-order valence-electron chi connectivity index (χ1n) is 8.99. The van der Waals surface area contributed by atoms with Crippen molar-refractivity contribution in [3.05, 3.63) is 106 Å². The van der Waals surface area contributed by atoms with Crippen LogP contribution in [0.25, 0.3) is 34.7 Å². The van der Waals surface area contributed by atoms with Crippen LogP contribution in [0.1, 0.15) is 22.5 Å². The lowest BCUT2D eigenvalue weighted by Gasteiger charge is -2.07. The molecular weight excluding hydrogens is 384 g/mol. The van der Waals surface area contributed by atoms with Crippen molar-refractivity contribution in [1.82, 2.24) is 9.97 Å². The van der Waals surface area contributed by atoms with Crippen LogP contribution in [0.5, 0.6) is 0 Å². The maximum atomic E-state index is 10.6. The largest absolute Gasteiger partial charge is 0.507 e. The highest BCUT2D eigenvalue weighted by atomic mass is 35.5. The first-order valence-corrected chi connectivity index (χ1v) is 9.37. The second kappa shape index (κ2) is 8.17. The number of nitrogens with zero attached hydrogens (tertiary/aromatic N) is 2. The number of benzene rings is 3. The van der Waals surface area contributed by atoms with Crippen LogP contribution in [0.4, 0.5) is 0 Å². The summed E-state index contributed by atoms with van der Waals surface area (Å²) in [5, 5.41) is 21.7. The molecule has 0 atom stereocenters. The number of aromatic nitrogens is 2. The minimum atomic E-state index is 0.0279. The fourth-order valence-electron chi connectivity index (χ4n) is 2.90. The SMILES string of the molecule is O/C(=C\c1nc2ccccc2nc1/C=C(\O)c1ccc(Cl)cc1)c1ccccc1. The van der Waals surface area contributed by atoms with Gasteiger partial charge in [0.2, 0.25) is 0 Å². The van der Waals surface area contributed by atoms with E-state index in [0.29, 0.717) is 38.6 Å². The Bertz CT molecular complexity index is 1220. The van der Waals surface area contributed by atoms with E-state index in [-0.39, 0.29) is 11.5 Å². The van der Waals surface area contributed by atoms with Gasteiger partial charge in [0.05, 0.1) is 22.4 Å². The van der Waals surface area contributed by atoms with Crippen molar-refractivity contribution in [2.75, 3.05) is 0 Å². The maximum absolute atomic E-state index is 10.6. The van der Waals surface area contributed by atoms with Gasteiger partial charge in [0.25, 0.3) is 0 Å². The van der Waals surface area contributed by atoms with Crippen molar-refractivity contribution in [1.29, 1.82) is 0 Å². The third-order valence-corrected chi connectivity index (χ3v) is 4.63. The molecule has 0 aliphatic rings. The normalized spacial score (nSPS) is 12.3. The molecule has 0 fully saturated rings. The van der Waals surface area contributed by atoms with E-state index in [1.165, 1.54) is 6.08 Å². The van der Waals surface area contributed by atoms with Crippen molar-refractivity contribution < 1.29 is 10.2 Å². The summed E-state index contributed by atoms with van der Waals surface area (Å²) in [5.41, 5.74) is 3.55. The second-order valence-electron chi connectivity index (χ2n) is 6.41. The zero-order valence-electron chi connectivity index (χ0n) is 15.3. The van der Waals surface area contributed by atoms with E-state index < -0.39 is 0 Å². The molecule has 0 unspecified atom stereocenters. The van der Waals surface area contributed by atoms with Gasteiger partial charge in [-0.15, -0.1) is 0 Å². The summed E-state index contributed by atoms with van der Waals surface area (Å²) in [5.74, 6) is 0.0934. The lowest BCUT2D eigenvalue weighted by atomic mass is 10.1. The van der Waals surface area contributed by atoms with Crippen molar-refractivity contribution >= 4 is 46.3 Å². The first kappa shape index (κ1) is 18.7. The third kappa shape index (κ3) is 4.28. The Morgan fingerprint density at radius 3 is 1.59 bits per heavy atom. The summed E-state index contributed by atoms with van der Waals surface area (Å²) in [6.45, 7) is 0. The summed E-state index contributed by atoms with van der Waals surface area (Å²) in [4.78, 5) is 9.25. The second-order valence-corrected chi connectivity index (χ2v) is 6.85. The van der Waals surface area contributed by atoms with Crippen LogP contribution < -0.4 is 0 Å². The Hall–Kier alpha value is -3.63. The van der Waals surface area contributed by atoms with Gasteiger partial charge < -0.3 is 10.2 Å². The number of rotatable bonds is 4. The average molecular weight is 401 g/mol. The molecule has 0 aliphatic heterocycles. The van der Waals surface area contributed by atoms with E-state index in [9.17, 15) is 10.2 Å². The lowest BCUT2D eigenvalue weighted by molar-refractivity contribution is 0.514. The Kier molecular flexibility index (Phi) is 5.27. The predicted molar refractivity (Wildman–Crippen MR) is 118 cm³/mol. The molecule has 0 saturated carbocycles. The monoisotopic (exact) mass is 400 g/mol. The summed E-state index contributed by atoms with van der Waals surface area (Å²) in [7, 11) is 0. The Labute approximate surface area is 173 Å². The molecule has 4 nitrogen and oxygen atoms in total. The minimum absolute atomic E-state index is 0.0279. The van der Waals surface area contributed by atoms with Crippen LogP contribution in [-0.2, 0) is 0 Å².